The van der Waals surface area contributed by atoms with E-state index in [1.54, 1.807) is 13.0 Å². The molecule has 1 aromatic rings. The van der Waals surface area contributed by atoms with Crippen LogP contribution in [-0.4, -0.2) is 33.4 Å². The van der Waals surface area contributed by atoms with Crippen LogP contribution in [-0.2, 0) is 4.79 Å². The summed E-state index contributed by atoms with van der Waals surface area (Å²) in [5.74, 6) is -0.945. The largest absolute Gasteiger partial charge is 0.478 e. The Morgan fingerprint density at radius 3 is 2.67 bits per heavy atom. The number of carbonyl (C=O) groups is 2. The number of nitrogens with one attached hydrogen (secondary N) is 1. The number of rotatable bonds is 4. The second-order valence-electron chi connectivity index (χ2n) is 4.05. The lowest BCUT2D eigenvalue weighted by molar-refractivity contribution is -0.132. The molecule has 1 rings (SSSR count). The SMILES string of the molecule is CC(=CCCNC(=O)n1nc(C)cc1C)C(=O)O. The Kier molecular flexibility index (Phi) is 4.65. The smallest absolute Gasteiger partial charge is 0.342 e. The average molecular weight is 251 g/mol. The molecule has 2 N–H and O–H groups in total. The van der Waals surface area contributed by atoms with Gasteiger partial charge in [-0.15, -0.1) is 0 Å². The Bertz CT molecular complexity index is 489. The zero-order valence-electron chi connectivity index (χ0n) is 10.7. The average Bonchev–Trinajstić information content (AvgIpc) is 2.63. The number of aliphatic carboxylic acids is 1. The highest BCUT2D eigenvalue weighted by atomic mass is 16.4. The first kappa shape index (κ1) is 14.0. The monoisotopic (exact) mass is 251 g/mol. The molecule has 98 valence electrons. The lowest BCUT2D eigenvalue weighted by Gasteiger charge is -2.04. The maximum absolute atomic E-state index is 11.7. The van der Waals surface area contributed by atoms with Crippen molar-refractivity contribution in [3.8, 4) is 0 Å². The summed E-state index contributed by atoms with van der Waals surface area (Å²) < 4.78 is 1.29. The molecule has 0 aliphatic carbocycles. The van der Waals surface area contributed by atoms with Gasteiger partial charge in [-0.1, -0.05) is 6.08 Å². The minimum atomic E-state index is -0.945. The number of carboxylic acid groups (broad SMARTS) is 1. The zero-order valence-corrected chi connectivity index (χ0v) is 10.7. The van der Waals surface area contributed by atoms with Gasteiger partial charge in [0.15, 0.2) is 0 Å². The number of hydrogen-bond donors (Lipinski definition) is 2. The molecule has 6 heteroatoms. The molecule has 1 aromatic heterocycles. The molecule has 0 aliphatic heterocycles. The van der Waals surface area contributed by atoms with Crippen molar-refractivity contribution in [3.05, 3.63) is 29.1 Å². The molecule has 0 saturated heterocycles. The molecular formula is C12H17N3O3. The number of aryl methyl sites for hydroxylation is 2. The van der Waals surface area contributed by atoms with Gasteiger partial charge >= 0.3 is 12.0 Å². The van der Waals surface area contributed by atoms with E-state index in [-0.39, 0.29) is 11.6 Å². The van der Waals surface area contributed by atoms with Crippen LogP contribution in [0.4, 0.5) is 4.79 Å². The molecule has 0 radical (unpaired) electrons. The fraction of sp³-hybridized carbons (Fsp3) is 0.417. The summed E-state index contributed by atoms with van der Waals surface area (Å²) >= 11 is 0. The second-order valence-corrected chi connectivity index (χ2v) is 4.05. The van der Waals surface area contributed by atoms with Crippen molar-refractivity contribution in [2.75, 3.05) is 6.54 Å². The molecule has 1 amide bonds. The van der Waals surface area contributed by atoms with Crippen LogP contribution in [0.25, 0.3) is 0 Å². The van der Waals surface area contributed by atoms with Crippen LogP contribution in [0.3, 0.4) is 0 Å². The van der Waals surface area contributed by atoms with Gasteiger partial charge in [-0.3, -0.25) is 0 Å². The van der Waals surface area contributed by atoms with E-state index in [1.165, 1.54) is 11.6 Å². The van der Waals surface area contributed by atoms with Gasteiger partial charge in [0.25, 0.3) is 0 Å². The van der Waals surface area contributed by atoms with Crippen molar-refractivity contribution in [2.24, 2.45) is 0 Å². The molecule has 0 aliphatic rings. The van der Waals surface area contributed by atoms with Crippen LogP contribution >= 0.6 is 0 Å². The van der Waals surface area contributed by atoms with Gasteiger partial charge in [0.1, 0.15) is 0 Å². The highest BCUT2D eigenvalue weighted by molar-refractivity contribution is 5.85. The molecule has 0 fully saturated rings. The summed E-state index contributed by atoms with van der Waals surface area (Å²) in [7, 11) is 0. The maximum atomic E-state index is 11.7. The highest BCUT2D eigenvalue weighted by Gasteiger charge is 2.08. The van der Waals surface area contributed by atoms with E-state index in [0.29, 0.717) is 13.0 Å². The van der Waals surface area contributed by atoms with E-state index in [0.717, 1.165) is 11.4 Å². The van der Waals surface area contributed by atoms with Gasteiger partial charge in [-0.25, -0.2) is 9.59 Å². The lowest BCUT2D eigenvalue weighted by Crippen LogP contribution is -2.30. The van der Waals surface area contributed by atoms with Crippen LogP contribution in [0.2, 0.25) is 0 Å². The van der Waals surface area contributed by atoms with Crippen molar-refractivity contribution in [1.82, 2.24) is 15.1 Å². The third-order valence-corrected chi connectivity index (χ3v) is 2.41. The topological polar surface area (TPSA) is 84.2 Å². The maximum Gasteiger partial charge on any atom is 0.342 e. The molecule has 6 nitrogen and oxygen atoms in total. The number of aromatic nitrogens is 2. The van der Waals surface area contributed by atoms with Crippen LogP contribution < -0.4 is 5.32 Å². The standard InChI is InChI=1S/C12H17N3O3/c1-8(11(16)17)5-4-6-13-12(18)15-10(3)7-9(2)14-15/h5,7H,4,6H2,1-3H3,(H,13,18)(H,16,17). The van der Waals surface area contributed by atoms with Crippen LogP contribution in [0.15, 0.2) is 17.7 Å². The van der Waals surface area contributed by atoms with Crippen molar-refractivity contribution >= 4 is 12.0 Å². The summed E-state index contributed by atoms with van der Waals surface area (Å²) in [6.45, 7) is 5.51. The number of carboxylic acids is 1. The summed E-state index contributed by atoms with van der Waals surface area (Å²) in [5.41, 5.74) is 1.82. The molecule has 0 aromatic carbocycles. The zero-order chi connectivity index (χ0) is 13.7. The molecule has 0 atom stereocenters. The third kappa shape index (κ3) is 3.73. The number of nitrogens with zero attached hydrogens (tertiary/aromatic N) is 2. The lowest BCUT2D eigenvalue weighted by atomic mass is 10.2. The van der Waals surface area contributed by atoms with Crippen molar-refractivity contribution in [3.63, 3.8) is 0 Å². The van der Waals surface area contributed by atoms with E-state index in [2.05, 4.69) is 10.4 Å². The fourth-order valence-electron chi connectivity index (χ4n) is 1.46. The molecule has 0 spiro atoms. The molecular weight excluding hydrogens is 234 g/mol. The fourth-order valence-corrected chi connectivity index (χ4v) is 1.46. The Morgan fingerprint density at radius 2 is 2.17 bits per heavy atom. The number of hydrogen-bond acceptors (Lipinski definition) is 3. The summed E-state index contributed by atoms with van der Waals surface area (Å²) in [4.78, 5) is 22.2. The first-order valence-electron chi connectivity index (χ1n) is 5.63. The summed E-state index contributed by atoms with van der Waals surface area (Å²) in [6, 6.07) is 1.51. The minimum absolute atomic E-state index is 0.273. The van der Waals surface area contributed by atoms with Crippen LogP contribution in [0.1, 0.15) is 24.7 Å². The van der Waals surface area contributed by atoms with Crippen LogP contribution in [0, 0.1) is 13.8 Å². The quantitative estimate of drug-likeness (QED) is 0.627. The van der Waals surface area contributed by atoms with Crippen molar-refractivity contribution in [1.29, 1.82) is 0 Å². The predicted octanol–water partition coefficient (Wildman–Crippen LogP) is 1.48. The van der Waals surface area contributed by atoms with Crippen LogP contribution in [0.5, 0.6) is 0 Å². The predicted molar refractivity (Wildman–Crippen MR) is 66.5 cm³/mol. The van der Waals surface area contributed by atoms with Crippen molar-refractivity contribution in [2.45, 2.75) is 27.2 Å². The molecule has 1 heterocycles. The molecule has 18 heavy (non-hydrogen) atoms. The molecule has 0 unspecified atom stereocenters. The van der Waals surface area contributed by atoms with Gasteiger partial charge in [-0.2, -0.15) is 9.78 Å². The normalized spacial score (nSPS) is 11.4. The summed E-state index contributed by atoms with van der Waals surface area (Å²) in [6.07, 6.45) is 2.05. The van der Waals surface area contributed by atoms with E-state index < -0.39 is 5.97 Å². The van der Waals surface area contributed by atoms with Gasteiger partial charge in [0, 0.05) is 17.8 Å². The number of carbonyl (C=O) groups excluding carboxylic acids is 1. The minimum Gasteiger partial charge on any atom is -0.478 e. The highest BCUT2D eigenvalue weighted by Crippen LogP contribution is 2.01. The second kappa shape index (κ2) is 6.00. The Balaban J connectivity index is 2.46. The Hall–Kier alpha value is -2.11. The first-order chi connectivity index (χ1) is 8.41. The van der Waals surface area contributed by atoms with Gasteiger partial charge in [0.05, 0.1) is 5.69 Å². The van der Waals surface area contributed by atoms with E-state index in [9.17, 15) is 9.59 Å². The Morgan fingerprint density at radius 1 is 1.50 bits per heavy atom. The van der Waals surface area contributed by atoms with Gasteiger partial charge in [0.2, 0.25) is 0 Å². The van der Waals surface area contributed by atoms with E-state index in [1.807, 2.05) is 13.0 Å². The first-order valence-corrected chi connectivity index (χ1v) is 5.63. The number of amides is 1. The summed E-state index contributed by atoms with van der Waals surface area (Å²) in [5, 5.41) is 15.4. The van der Waals surface area contributed by atoms with Crippen molar-refractivity contribution < 1.29 is 14.7 Å². The Labute approximate surface area is 105 Å². The third-order valence-electron chi connectivity index (χ3n) is 2.41. The van der Waals surface area contributed by atoms with E-state index in [4.69, 9.17) is 5.11 Å². The van der Waals surface area contributed by atoms with Gasteiger partial charge in [-0.05, 0) is 33.3 Å². The van der Waals surface area contributed by atoms with Gasteiger partial charge < -0.3 is 10.4 Å². The molecule has 0 saturated carbocycles. The molecule has 0 bridgehead atoms. The van der Waals surface area contributed by atoms with E-state index >= 15 is 0 Å².